The number of hydrogen-bond acceptors (Lipinski definition) is 4. The van der Waals surface area contributed by atoms with Gasteiger partial charge in [-0.2, -0.15) is 0 Å². The Morgan fingerprint density at radius 2 is 2.21 bits per heavy atom. The van der Waals surface area contributed by atoms with Crippen LogP contribution in [0.2, 0.25) is 0 Å². The van der Waals surface area contributed by atoms with Crippen LogP contribution in [-0.2, 0) is 4.79 Å². The Hall–Kier alpha value is -1.23. The summed E-state index contributed by atoms with van der Waals surface area (Å²) in [5, 5.41) is 20.5. The van der Waals surface area contributed by atoms with Crippen LogP contribution >= 0.6 is 0 Å². The lowest BCUT2D eigenvalue weighted by atomic mass is 9.99. The van der Waals surface area contributed by atoms with E-state index >= 15 is 0 Å². The van der Waals surface area contributed by atoms with E-state index in [1.54, 1.807) is 6.92 Å². The molecule has 0 amide bonds. The summed E-state index contributed by atoms with van der Waals surface area (Å²) < 4.78 is 0. The minimum absolute atomic E-state index is 0.250. The minimum atomic E-state index is -1.28. The first-order valence-electron chi connectivity index (χ1n) is 4.54. The quantitative estimate of drug-likeness (QED) is 0.431. The van der Waals surface area contributed by atoms with Gasteiger partial charge in [-0.3, -0.25) is 0 Å². The first kappa shape index (κ1) is 12.8. The lowest BCUT2D eigenvalue weighted by Gasteiger charge is -2.14. The number of aliphatic hydroxyl groups is 1. The molecule has 82 valence electrons. The van der Waals surface area contributed by atoms with Crippen LogP contribution in [0.5, 0.6) is 0 Å². The highest BCUT2D eigenvalue weighted by Gasteiger charge is 2.20. The highest BCUT2D eigenvalue weighted by Crippen LogP contribution is 2.10. The molecule has 5 heteroatoms. The summed E-state index contributed by atoms with van der Waals surface area (Å²) in [6, 6.07) is 0. The second kappa shape index (κ2) is 6.26. The average molecular weight is 202 g/mol. The first-order chi connectivity index (χ1) is 6.45. The van der Waals surface area contributed by atoms with Gasteiger partial charge >= 0.3 is 5.97 Å². The van der Waals surface area contributed by atoms with E-state index in [2.05, 4.69) is 11.9 Å². The highest BCUT2D eigenvalue weighted by molar-refractivity contribution is 5.72. The summed E-state index contributed by atoms with van der Waals surface area (Å²) in [6.07, 6.45) is 0.103. The second-order valence-electron chi connectivity index (χ2n) is 3.35. The topological polar surface area (TPSA) is 95.6 Å². The van der Waals surface area contributed by atoms with Crippen LogP contribution in [0, 0.1) is 5.92 Å². The summed E-state index contributed by atoms with van der Waals surface area (Å²) in [6.45, 7) is 5.81. The van der Waals surface area contributed by atoms with Gasteiger partial charge in [0.25, 0.3) is 0 Å². The Morgan fingerprint density at radius 1 is 1.64 bits per heavy atom. The van der Waals surface area contributed by atoms with Gasteiger partial charge in [-0.25, -0.2) is 4.79 Å². The predicted octanol–water partition coefficient (Wildman–Crippen LogP) is -0.132. The van der Waals surface area contributed by atoms with Gasteiger partial charge in [-0.1, -0.05) is 13.5 Å². The van der Waals surface area contributed by atoms with E-state index in [0.29, 0.717) is 18.8 Å². The smallest absolute Gasteiger partial charge is 0.332 e. The Bertz CT molecular complexity index is 206. The number of hydrogen-bond donors (Lipinski definition) is 4. The van der Waals surface area contributed by atoms with E-state index in [9.17, 15) is 4.79 Å². The second-order valence-corrected chi connectivity index (χ2v) is 3.35. The molecule has 5 nitrogen and oxygen atoms in total. The molecule has 1 unspecified atom stereocenters. The van der Waals surface area contributed by atoms with Gasteiger partial charge in [-0.15, -0.1) is 0 Å². The number of nitrogens with one attached hydrogen (secondary N) is 1. The highest BCUT2D eigenvalue weighted by atomic mass is 16.4. The number of nitrogens with two attached hydrogens (primary N) is 1. The molecule has 0 aromatic carbocycles. The lowest BCUT2D eigenvalue weighted by Crippen LogP contribution is -2.28. The third-order valence-electron chi connectivity index (χ3n) is 1.98. The maximum absolute atomic E-state index is 10.4. The summed E-state index contributed by atoms with van der Waals surface area (Å²) >= 11 is 0. The van der Waals surface area contributed by atoms with Crippen molar-refractivity contribution in [2.75, 3.05) is 6.54 Å². The van der Waals surface area contributed by atoms with E-state index in [1.807, 2.05) is 0 Å². The molecule has 0 aliphatic heterocycles. The van der Waals surface area contributed by atoms with Crippen molar-refractivity contribution in [2.24, 2.45) is 11.7 Å². The molecule has 0 bridgehead atoms. The average Bonchev–Trinajstić information content (AvgIpc) is 2.10. The number of carbonyl (C=O) groups is 1. The fourth-order valence-electron chi connectivity index (χ4n) is 1.07. The SMILES string of the molecule is C=C(N)NCCC[C@H](C)C(O)C(=O)O. The molecule has 0 rings (SSSR count). The molecular weight excluding hydrogens is 184 g/mol. The number of carboxylic acid groups (broad SMARTS) is 1. The van der Waals surface area contributed by atoms with Crippen molar-refractivity contribution in [2.45, 2.75) is 25.9 Å². The van der Waals surface area contributed by atoms with Crippen molar-refractivity contribution in [1.82, 2.24) is 5.32 Å². The van der Waals surface area contributed by atoms with E-state index in [-0.39, 0.29) is 5.92 Å². The Morgan fingerprint density at radius 3 is 2.64 bits per heavy atom. The van der Waals surface area contributed by atoms with Gasteiger partial charge in [0.1, 0.15) is 0 Å². The Kier molecular flexibility index (Phi) is 5.71. The van der Waals surface area contributed by atoms with E-state index in [4.69, 9.17) is 15.9 Å². The van der Waals surface area contributed by atoms with E-state index < -0.39 is 12.1 Å². The van der Waals surface area contributed by atoms with Gasteiger partial charge in [-0.05, 0) is 18.8 Å². The zero-order valence-electron chi connectivity index (χ0n) is 8.36. The van der Waals surface area contributed by atoms with Gasteiger partial charge in [0.2, 0.25) is 0 Å². The number of carboxylic acids is 1. The normalized spacial score (nSPS) is 14.4. The maximum Gasteiger partial charge on any atom is 0.332 e. The molecule has 0 radical (unpaired) electrons. The van der Waals surface area contributed by atoms with Crippen molar-refractivity contribution in [3.8, 4) is 0 Å². The minimum Gasteiger partial charge on any atom is -0.479 e. The number of aliphatic hydroxyl groups excluding tert-OH is 1. The van der Waals surface area contributed by atoms with E-state index in [1.165, 1.54) is 0 Å². The van der Waals surface area contributed by atoms with Crippen molar-refractivity contribution >= 4 is 5.97 Å². The maximum atomic E-state index is 10.4. The molecule has 0 spiro atoms. The van der Waals surface area contributed by atoms with Crippen LogP contribution in [0.4, 0.5) is 0 Å². The first-order valence-corrected chi connectivity index (χ1v) is 4.54. The Labute approximate surface area is 83.6 Å². The van der Waals surface area contributed by atoms with Crippen LogP contribution < -0.4 is 11.1 Å². The van der Waals surface area contributed by atoms with Crippen molar-refractivity contribution in [1.29, 1.82) is 0 Å². The molecule has 0 heterocycles. The molecule has 2 atom stereocenters. The lowest BCUT2D eigenvalue weighted by molar-refractivity contribution is -0.149. The third-order valence-corrected chi connectivity index (χ3v) is 1.98. The molecule has 0 aliphatic carbocycles. The largest absolute Gasteiger partial charge is 0.479 e. The van der Waals surface area contributed by atoms with E-state index in [0.717, 1.165) is 6.42 Å². The third kappa shape index (κ3) is 5.42. The Balaban J connectivity index is 3.58. The van der Waals surface area contributed by atoms with Crippen LogP contribution in [0.1, 0.15) is 19.8 Å². The van der Waals surface area contributed by atoms with Gasteiger partial charge in [0, 0.05) is 6.54 Å². The standard InChI is InChI=1S/C9H18N2O3/c1-6(8(12)9(13)14)4-3-5-11-7(2)10/h6,8,11-12H,2-5,10H2,1H3,(H,13,14)/t6-,8?/m0/s1. The summed E-state index contributed by atoms with van der Waals surface area (Å²) in [4.78, 5) is 10.4. The number of aliphatic carboxylic acids is 1. The van der Waals surface area contributed by atoms with Gasteiger partial charge in [0.05, 0.1) is 5.82 Å². The molecule has 14 heavy (non-hydrogen) atoms. The predicted molar refractivity (Wildman–Crippen MR) is 53.4 cm³/mol. The monoisotopic (exact) mass is 202 g/mol. The fourth-order valence-corrected chi connectivity index (χ4v) is 1.07. The van der Waals surface area contributed by atoms with Gasteiger partial charge in [0.15, 0.2) is 6.10 Å². The van der Waals surface area contributed by atoms with Crippen LogP contribution in [0.15, 0.2) is 12.4 Å². The molecule has 5 N–H and O–H groups in total. The summed E-state index contributed by atoms with van der Waals surface area (Å²) in [5.41, 5.74) is 5.27. The van der Waals surface area contributed by atoms with Crippen molar-refractivity contribution < 1.29 is 15.0 Å². The van der Waals surface area contributed by atoms with Crippen molar-refractivity contribution in [3.63, 3.8) is 0 Å². The molecule has 0 saturated heterocycles. The molecule has 0 aliphatic rings. The summed E-state index contributed by atoms with van der Waals surface area (Å²) in [5.74, 6) is -1.02. The molecule has 0 aromatic rings. The zero-order valence-corrected chi connectivity index (χ0v) is 8.36. The van der Waals surface area contributed by atoms with Crippen LogP contribution in [0.25, 0.3) is 0 Å². The molecule has 0 aromatic heterocycles. The van der Waals surface area contributed by atoms with Crippen LogP contribution in [-0.4, -0.2) is 28.8 Å². The summed E-state index contributed by atoms with van der Waals surface area (Å²) in [7, 11) is 0. The van der Waals surface area contributed by atoms with Crippen molar-refractivity contribution in [3.05, 3.63) is 12.4 Å². The van der Waals surface area contributed by atoms with Gasteiger partial charge < -0.3 is 21.3 Å². The van der Waals surface area contributed by atoms with Crippen LogP contribution in [0.3, 0.4) is 0 Å². The molecule has 0 fully saturated rings. The zero-order chi connectivity index (χ0) is 11.1. The number of rotatable bonds is 7. The fraction of sp³-hybridized carbons (Fsp3) is 0.667. The molecular formula is C9H18N2O3. The molecule has 0 saturated carbocycles.